The third kappa shape index (κ3) is 3.49. The lowest BCUT2D eigenvalue weighted by Gasteiger charge is -2.09. The van der Waals surface area contributed by atoms with Crippen LogP contribution in [0.1, 0.15) is 24.2 Å². The maximum Gasteiger partial charge on any atom is 0.224 e. The van der Waals surface area contributed by atoms with Gasteiger partial charge < -0.3 is 25.3 Å². The molecule has 1 aliphatic rings. The number of aromatic amines is 1. The van der Waals surface area contributed by atoms with Crippen LogP contribution < -0.4 is 11.1 Å². The molecular formula is C19H21N9O. The normalized spacial score (nSPS) is 16.6. The molecule has 0 bridgehead atoms. The highest BCUT2D eigenvalue weighted by molar-refractivity contribution is 5.97. The molecule has 0 spiro atoms. The van der Waals surface area contributed by atoms with Gasteiger partial charge in [0.25, 0.3) is 0 Å². The van der Waals surface area contributed by atoms with Gasteiger partial charge in [0, 0.05) is 18.7 Å². The molecule has 0 amide bonds. The molecule has 3 aromatic heterocycles. The number of amidine groups is 1. The van der Waals surface area contributed by atoms with Gasteiger partial charge in [0.1, 0.15) is 17.2 Å². The maximum absolute atomic E-state index is 7.56. The molecule has 4 heterocycles. The van der Waals surface area contributed by atoms with Crippen LogP contribution in [0.3, 0.4) is 0 Å². The van der Waals surface area contributed by atoms with E-state index in [1.54, 1.807) is 12.5 Å². The summed E-state index contributed by atoms with van der Waals surface area (Å²) in [6, 6.07) is 5.54. The lowest BCUT2D eigenvalue weighted by Crippen LogP contribution is -2.19. The minimum Gasteiger partial charge on any atom is -0.384 e. The van der Waals surface area contributed by atoms with Crippen LogP contribution in [-0.4, -0.2) is 54.6 Å². The summed E-state index contributed by atoms with van der Waals surface area (Å²) in [5.74, 6) is 1.35. The smallest absolute Gasteiger partial charge is 0.224 e. The third-order valence-corrected chi connectivity index (χ3v) is 5.05. The molecule has 1 atom stereocenters. The number of benzene rings is 1. The molecule has 1 unspecified atom stereocenters. The van der Waals surface area contributed by atoms with Crippen LogP contribution in [0, 0.1) is 5.41 Å². The lowest BCUT2D eigenvalue weighted by molar-refractivity contribution is 0.120. The number of rotatable bonds is 6. The summed E-state index contributed by atoms with van der Waals surface area (Å²) < 4.78 is 7.60. The van der Waals surface area contributed by atoms with Gasteiger partial charge in [-0.15, -0.1) is 0 Å². The monoisotopic (exact) mass is 391 g/mol. The molecular weight excluding hydrogens is 370 g/mol. The fraction of sp³-hybridized carbons (Fsp3) is 0.316. The lowest BCUT2D eigenvalue weighted by atomic mass is 10.2. The predicted molar refractivity (Wildman–Crippen MR) is 109 cm³/mol. The van der Waals surface area contributed by atoms with Gasteiger partial charge >= 0.3 is 0 Å². The number of nitrogens with one attached hydrogen (secondary N) is 3. The van der Waals surface area contributed by atoms with Crippen molar-refractivity contribution in [1.82, 2.24) is 29.5 Å². The van der Waals surface area contributed by atoms with Crippen LogP contribution in [-0.2, 0) is 11.3 Å². The largest absolute Gasteiger partial charge is 0.384 e. The van der Waals surface area contributed by atoms with E-state index in [2.05, 4.69) is 30.2 Å². The number of nitrogens with zero attached hydrogens (tertiary/aromatic N) is 5. The Balaban J connectivity index is 1.35. The molecule has 0 radical (unpaired) electrons. The Hall–Kier alpha value is -3.53. The highest BCUT2D eigenvalue weighted by atomic mass is 16.5. The summed E-state index contributed by atoms with van der Waals surface area (Å²) in [7, 11) is 0. The predicted octanol–water partition coefficient (Wildman–Crippen LogP) is 1.63. The molecule has 10 nitrogen and oxygen atoms in total. The van der Waals surface area contributed by atoms with Gasteiger partial charge in [-0.25, -0.2) is 15.0 Å². The standard InChI is InChI=1S/C19H21N9O/c20-17(21)11-3-4-15-13(6-11)24-10-28(15)9-16-25-14-8-23-19(27-18(14)26-16)22-7-12-2-1-5-29-12/h3-4,6,8,10,12H,1-2,5,7,9H2,(H3,20,21)(H2,22,23,25,26,27). The molecule has 29 heavy (non-hydrogen) atoms. The van der Waals surface area contributed by atoms with Crippen molar-refractivity contribution >= 4 is 34.0 Å². The Bertz CT molecular complexity index is 1190. The van der Waals surface area contributed by atoms with Gasteiger partial charge in [-0.05, 0) is 31.0 Å². The molecule has 5 rings (SSSR count). The van der Waals surface area contributed by atoms with Crippen molar-refractivity contribution in [2.45, 2.75) is 25.5 Å². The van der Waals surface area contributed by atoms with Crippen LogP contribution in [0.2, 0.25) is 0 Å². The van der Waals surface area contributed by atoms with Crippen LogP contribution in [0.5, 0.6) is 0 Å². The Morgan fingerprint density at radius 1 is 1.34 bits per heavy atom. The van der Waals surface area contributed by atoms with E-state index in [0.717, 1.165) is 41.8 Å². The topological polar surface area (TPSA) is 143 Å². The van der Waals surface area contributed by atoms with Crippen LogP contribution in [0.25, 0.3) is 22.2 Å². The second-order valence-electron chi connectivity index (χ2n) is 7.12. The van der Waals surface area contributed by atoms with Crippen molar-refractivity contribution in [3.8, 4) is 0 Å². The average molecular weight is 391 g/mol. The van der Waals surface area contributed by atoms with Crippen LogP contribution in [0.15, 0.2) is 30.7 Å². The minimum atomic E-state index is 0.0289. The van der Waals surface area contributed by atoms with E-state index in [0.29, 0.717) is 30.2 Å². The highest BCUT2D eigenvalue weighted by Gasteiger charge is 2.16. The number of nitrogen functional groups attached to an aromatic ring is 1. The van der Waals surface area contributed by atoms with E-state index in [9.17, 15) is 0 Å². The van der Waals surface area contributed by atoms with Crippen molar-refractivity contribution in [3.63, 3.8) is 0 Å². The van der Waals surface area contributed by atoms with E-state index in [1.165, 1.54) is 0 Å². The Morgan fingerprint density at radius 3 is 3.10 bits per heavy atom. The zero-order valence-corrected chi connectivity index (χ0v) is 15.7. The summed E-state index contributed by atoms with van der Waals surface area (Å²) in [5, 5.41) is 10.8. The number of aromatic nitrogens is 6. The van der Waals surface area contributed by atoms with Crippen molar-refractivity contribution in [1.29, 1.82) is 5.41 Å². The summed E-state index contributed by atoms with van der Waals surface area (Å²) in [4.78, 5) is 21.1. The first-order valence-corrected chi connectivity index (χ1v) is 9.52. The summed E-state index contributed by atoms with van der Waals surface area (Å²) in [5.41, 5.74) is 9.35. The summed E-state index contributed by atoms with van der Waals surface area (Å²) in [6.45, 7) is 2.05. The molecule has 5 N–H and O–H groups in total. The number of anilines is 1. The summed E-state index contributed by atoms with van der Waals surface area (Å²) in [6.07, 6.45) is 5.88. The van der Waals surface area contributed by atoms with Gasteiger partial charge in [0.15, 0.2) is 5.65 Å². The second kappa shape index (κ2) is 7.13. The van der Waals surface area contributed by atoms with Crippen molar-refractivity contribution in [3.05, 3.63) is 42.1 Å². The van der Waals surface area contributed by atoms with E-state index in [1.807, 2.05) is 22.8 Å². The van der Waals surface area contributed by atoms with Crippen molar-refractivity contribution < 1.29 is 4.74 Å². The Morgan fingerprint density at radius 2 is 2.28 bits per heavy atom. The Labute approximate surface area is 166 Å². The maximum atomic E-state index is 7.56. The quantitative estimate of drug-likeness (QED) is 0.289. The average Bonchev–Trinajstić information content (AvgIpc) is 3.45. The zero-order chi connectivity index (χ0) is 19.8. The van der Waals surface area contributed by atoms with E-state index >= 15 is 0 Å². The molecule has 148 valence electrons. The fourth-order valence-corrected chi connectivity index (χ4v) is 3.55. The summed E-state index contributed by atoms with van der Waals surface area (Å²) >= 11 is 0. The van der Waals surface area contributed by atoms with Crippen molar-refractivity contribution in [2.24, 2.45) is 5.73 Å². The molecule has 1 fully saturated rings. The molecule has 0 aliphatic carbocycles. The first-order valence-electron chi connectivity index (χ1n) is 9.52. The third-order valence-electron chi connectivity index (χ3n) is 5.05. The molecule has 1 saturated heterocycles. The second-order valence-corrected chi connectivity index (χ2v) is 7.12. The molecule has 10 heteroatoms. The number of hydrogen-bond donors (Lipinski definition) is 4. The van der Waals surface area contributed by atoms with Gasteiger partial charge in [-0.1, -0.05) is 0 Å². The fourth-order valence-electron chi connectivity index (χ4n) is 3.55. The van der Waals surface area contributed by atoms with Gasteiger partial charge in [0.2, 0.25) is 5.95 Å². The first kappa shape index (κ1) is 17.6. The number of imidazole rings is 2. The van der Waals surface area contributed by atoms with E-state index in [-0.39, 0.29) is 11.9 Å². The SMILES string of the molecule is N=C(N)c1ccc2c(c1)ncn2Cc1nc2nc(NCC3CCCO3)ncc2[nH]1. The number of fused-ring (bicyclic) bond motifs is 2. The number of ether oxygens (including phenoxy) is 1. The van der Waals surface area contributed by atoms with Gasteiger partial charge in [-0.2, -0.15) is 4.98 Å². The van der Waals surface area contributed by atoms with Gasteiger partial charge in [0.05, 0.1) is 36.2 Å². The molecule has 1 aromatic carbocycles. The number of hydrogen-bond acceptors (Lipinski definition) is 7. The number of nitrogens with two attached hydrogens (primary N) is 1. The number of H-pyrrole nitrogens is 1. The molecule has 1 aliphatic heterocycles. The van der Waals surface area contributed by atoms with E-state index in [4.69, 9.17) is 15.9 Å². The van der Waals surface area contributed by atoms with Crippen LogP contribution in [0.4, 0.5) is 5.95 Å². The van der Waals surface area contributed by atoms with Gasteiger partial charge in [-0.3, -0.25) is 5.41 Å². The zero-order valence-electron chi connectivity index (χ0n) is 15.7. The minimum absolute atomic E-state index is 0.0289. The highest BCUT2D eigenvalue weighted by Crippen LogP contribution is 2.18. The Kier molecular flexibility index (Phi) is 4.32. The van der Waals surface area contributed by atoms with Crippen LogP contribution >= 0.6 is 0 Å². The molecule has 0 saturated carbocycles. The van der Waals surface area contributed by atoms with Crippen molar-refractivity contribution in [2.75, 3.05) is 18.5 Å². The molecule has 4 aromatic rings. The van der Waals surface area contributed by atoms with E-state index < -0.39 is 0 Å². The first-order chi connectivity index (χ1) is 14.2.